The van der Waals surface area contributed by atoms with Gasteiger partial charge in [-0.1, -0.05) is 0 Å². The number of likely N-dealkylation sites (N-methyl/N-ethyl adjacent to an activating group) is 1. The van der Waals surface area contributed by atoms with E-state index in [4.69, 9.17) is 15.2 Å². The van der Waals surface area contributed by atoms with Crippen molar-refractivity contribution in [2.24, 2.45) is 0 Å². The number of nitrogens with two attached hydrogens (primary N) is 1. The SMILES string of the molecule is CCOC(=O)CC[C@@H](C(=O)OCC)N(C)C(=O)c1ccc(N)cc1. The van der Waals surface area contributed by atoms with Crippen LogP contribution in [0.2, 0.25) is 0 Å². The molecule has 0 saturated carbocycles. The molecule has 0 aromatic heterocycles. The highest BCUT2D eigenvalue weighted by molar-refractivity contribution is 5.97. The van der Waals surface area contributed by atoms with Gasteiger partial charge in [0.1, 0.15) is 6.04 Å². The highest BCUT2D eigenvalue weighted by atomic mass is 16.5. The van der Waals surface area contributed by atoms with E-state index < -0.39 is 18.0 Å². The van der Waals surface area contributed by atoms with E-state index in [0.29, 0.717) is 11.3 Å². The molecule has 0 heterocycles. The largest absolute Gasteiger partial charge is 0.466 e. The number of rotatable bonds is 8. The second kappa shape index (κ2) is 9.54. The number of nitrogen functional groups attached to an aromatic ring is 1. The molecular weight excluding hydrogens is 312 g/mol. The first-order chi connectivity index (χ1) is 11.4. The van der Waals surface area contributed by atoms with Gasteiger partial charge in [-0.3, -0.25) is 9.59 Å². The molecule has 1 amide bonds. The standard InChI is InChI=1S/C17H24N2O5/c1-4-23-15(20)11-10-14(17(22)24-5-2)19(3)16(21)12-6-8-13(18)9-7-12/h6-9,14H,4-5,10-11,18H2,1-3H3/t14-/m0/s1. The molecule has 7 nitrogen and oxygen atoms in total. The van der Waals surface area contributed by atoms with Crippen molar-refractivity contribution < 1.29 is 23.9 Å². The topological polar surface area (TPSA) is 98.9 Å². The maximum absolute atomic E-state index is 12.5. The lowest BCUT2D eigenvalue weighted by molar-refractivity contribution is -0.149. The van der Waals surface area contributed by atoms with Gasteiger partial charge < -0.3 is 20.1 Å². The monoisotopic (exact) mass is 336 g/mol. The summed E-state index contributed by atoms with van der Waals surface area (Å²) in [5.41, 5.74) is 6.55. The van der Waals surface area contributed by atoms with Crippen molar-refractivity contribution in [3.63, 3.8) is 0 Å². The van der Waals surface area contributed by atoms with Crippen molar-refractivity contribution in [2.45, 2.75) is 32.7 Å². The summed E-state index contributed by atoms with van der Waals surface area (Å²) < 4.78 is 9.88. The Morgan fingerprint density at radius 2 is 1.67 bits per heavy atom. The zero-order chi connectivity index (χ0) is 18.1. The summed E-state index contributed by atoms with van der Waals surface area (Å²) in [4.78, 5) is 37.5. The number of benzene rings is 1. The van der Waals surface area contributed by atoms with Crippen LogP contribution >= 0.6 is 0 Å². The molecule has 1 aromatic carbocycles. The molecule has 1 aromatic rings. The van der Waals surface area contributed by atoms with E-state index in [1.807, 2.05) is 0 Å². The third-order valence-electron chi connectivity index (χ3n) is 3.43. The Kier molecular flexibility index (Phi) is 7.74. The van der Waals surface area contributed by atoms with Crippen LogP contribution in [-0.2, 0) is 19.1 Å². The number of hydrogen-bond donors (Lipinski definition) is 1. The summed E-state index contributed by atoms with van der Waals surface area (Å²) in [6.07, 6.45) is 0.158. The molecule has 0 radical (unpaired) electrons. The Balaban J connectivity index is 2.87. The average molecular weight is 336 g/mol. The number of anilines is 1. The van der Waals surface area contributed by atoms with Crippen LogP contribution in [0.25, 0.3) is 0 Å². The number of amides is 1. The normalized spacial score (nSPS) is 11.5. The fraction of sp³-hybridized carbons (Fsp3) is 0.471. The minimum absolute atomic E-state index is 0.0245. The number of carbonyl (C=O) groups excluding carboxylic acids is 3. The number of nitrogens with zero attached hydrogens (tertiary/aromatic N) is 1. The van der Waals surface area contributed by atoms with Crippen molar-refractivity contribution in [2.75, 3.05) is 26.0 Å². The molecule has 0 aliphatic heterocycles. The summed E-state index contributed by atoms with van der Waals surface area (Å²) in [5.74, 6) is -1.31. The van der Waals surface area contributed by atoms with Gasteiger partial charge in [0, 0.05) is 24.7 Å². The molecule has 132 valence electrons. The van der Waals surface area contributed by atoms with Gasteiger partial charge in [-0.2, -0.15) is 0 Å². The molecule has 0 aliphatic rings. The number of carbonyl (C=O) groups is 3. The quantitative estimate of drug-likeness (QED) is 0.572. The molecule has 24 heavy (non-hydrogen) atoms. The molecule has 1 atom stereocenters. The lowest BCUT2D eigenvalue weighted by Crippen LogP contribution is -2.43. The fourth-order valence-corrected chi connectivity index (χ4v) is 2.17. The van der Waals surface area contributed by atoms with Crippen molar-refractivity contribution in [1.29, 1.82) is 0 Å². The van der Waals surface area contributed by atoms with Gasteiger partial charge in [0.25, 0.3) is 5.91 Å². The Bertz CT molecular complexity index is 571. The van der Waals surface area contributed by atoms with Crippen molar-refractivity contribution in [3.05, 3.63) is 29.8 Å². The zero-order valence-electron chi connectivity index (χ0n) is 14.3. The highest BCUT2D eigenvalue weighted by Gasteiger charge is 2.29. The molecule has 0 saturated heterocycles. The Hall–Kier alpha value is -2.57. The van der Waals surface area contributed by atoms with Crippen molar-refractivity contribution >= 4 is 23.5 Å². The predicted octanol–water partition coefficient (Wildman–Crippen LogP) is 1.62. The van der Waals surface area contributed by atoms with Crippen LogP contribution in [0.4, 0.5) is 5.69 Å². The number of ether oxygens (including phenoxy) is 2. The summed E-state index contributed by atoms with van der Waals surface area (Å²) in [7, 11) is 1.51. The summed E-state index contributed by atoms with van der Waals surface area (Å²) in [6, 6.07) is 5.53. The molecule has 0 fully saturated rings. The molecule has 2 N–H and O–H groups in total. The second-order valence-corrected chi connectivity index (χ2v) is 5.15. The van der Waals surface area contributed by atoms with Gasteiger partial charge >= 0.3 is 11.9 Å². The lowest BCUT2D eigenvalue weighted by atomic mass is 10.1. The van der Waals surface area contributed by atoms with Crippen molar-refractivity contribution in [3.8, 4) is 0 Å². The summed E-state index contributed by atoms with van der Waals surface area (Å²) >= 11 is 0. The van der Waals surface area contributed by atoms with E-state index in [1.165, 1.54) is 11.9 Å². The van der Waals surface area contributed by atoms with E-state index in [0.717, 1.165) is 0 Å². The van der Waals surface area contributed by atoms with E-state index in [-0.39, 0.29) is 32.0 Å². The van der Waals surface area contributed by atoms with Gasteiger partial charge in [-0.25, -0.2) is 4.79 Å². The van der Waals surface area contributed by atoms with Crippen LogP contribution in [0, 0.1) is 0 Å². The van der Waals surface area contributed by atoms with Crippen LogP contribution in [0.1, 0.15) is 37.0 Å². The highest BCUT2D eigenvalue weighted by Crippen LogP contribution is 2.14. The average Bonchev–Trinajstić information content (AvgIpc) is 2.55. The minimum Gasteiger partial charge on any atom is -0.466 e. The van der Waals surface area contributed by atoms with Gasteiger partial charge in [0.05, 0.1) is 13.2 Å². The second-order valence-electron chi connectivity index (χ2n) is 5.15. The first kappa shape index (κ1) is 19.5. The molecule has 0 aliphatic carbocycles. The number of esters is 2. The molecule has 1 rings (SSSR count). The first-order valence-corrected chi connectivity index (χ1v) is 7.85. The molecule has 0 spiro atoms. The minimum atomic E-state index is -0.862. The zero-order valence-corrected chi connectivity index (χ0v) is 14.3. The van der Waals surface area contributed by atoms with Crippen LogP contribution in [0.3, 0.4) is 0 Å². The van der Waals surface area contributed by atoms with Gasteiger partial charge in [-0.05, 0) is 44.5 Å². The first-order valence-electron chi connectivity index (χ1n) is 7.85. The maximum atomic E-state index is 12.5. The number of hydrogen-bond acceptors (Lipinski definition) is 6. The Labute approximate surface area is 141 Å². The van der Waals surface area contributed by atoms with E-state index in [2.05, 4.69) is 0 Å². The van der Waals surface area contributed by atoms with Crippen LogP contribution < -0.4 is 5.73 Å². The van der Waals surface area contributed by atoms with E-state index >= 15 is 0 Å². The molecule has 0 unspecified atom stereocenters. The fourth-order valence-electron chi connectivity index (χ4n) is 2.17. The third-order valence-corrected chi connectivity index (χ3v) is 3.43. The van der Waals surface area contributed by atoms with Crippen LogP contribution in [-0.4, -0.2) is 49.0 Å². The van der Waals surface area contributed by atoms with Crippen LogP contribution in [0.15, 0.2) is 24.3 Å². The predicted molar refractivity (Wildman–Crippen MR) is 89.2 cm³/mol. The smallest absolute Gasteiger partial charge is 0.328 e. The van der Waals surface area contributed by atoms with Crippen LogP contribution in [0.5, 0.6) is 0 Å². The van der Waals surface area contributed by atoms with Gasteiger partial charge in [0.15, 0.2) is 0 Å². The summed E-state index contributed by atoms with van der Waals surface area (Å²) in [6.45, 7) is 3.85. The lowest BCUT2D eigenvalue weighted by Gasteiger charge is -2.26. The van der Waals surface area contributed by atoms with E-state index in [1.54, 1.807) is 38.1 Å². The van der Waals surface area contributed by atoms with Gasteiger partial charge in [-0.15, -0.1) is 0 Å². The molecule has 7 heteroatoms. The summed E-state index contributed by atoms with van der Waals surface area (Å²) in [5, 5.41) is 0. The Morgan fingerprint density at radius 1 is 1.08 bits per heavy atom. The maximum Gasteiger partial charge on any atom is 0.328 e. The molecular formula is C17H24N2O5. The molecule has 0 bridgehead atoms. The third kappa shape index (κ3) is 5.57. The van der Waals surface area contributed by atoms with E-state index in [9.17, 15) is 14.4 Å². The van der Waals surface area contributed by atoms with Crippen molar-refractivity contribution in [1.82, 2.24) is 4.90 Å². The van der Waals surface area contributed by atoms with Gasteiger partial charge in [0.2, 0.25) is 0 Å². The Morgan fingerprint density at radius 3 is 2.21 bits per heavy atom.